The Morgan fingerprint density at radius 3 is 1.29 bits per heavy atom. The van der Waals surface area contributed by atoms with Crippen LogP contribution in [0.2, 0.25) is 0 Å². The minimum absolute atomic E-state index is 0. The Labute approximate surface area is 474 Å². The minimum Gasteiger partial charge on any atom is -0.374 e. The van der Waals surface area contributed by atoms with Crippen molar-refractivity contribution in [3.8, 4) is 0 Å². The van der Waals surface area contributed by atoms with E-state index in [1.165, 1.54) is 0 Å². The molecule has 0 saturated carbocycles. The Hall–Kier alpha value is -3.64. The first-order valence-corrected chi connectivity index (χ1v) is 22.6. The molecule has 6 atom stereocenters. The van der Waals surface area contributed by atoms with Gasteiger partial charge in [0.2, 0.25) is 0 Å². The number of allylic oxidation sites excluding steroid dienone is 9. The Kier molecular flexibility index (Phi) is 16.4. The van der Waals surface area contributed by atoms with Crippen molar-refractivity contribution in [1.29, 1.82) is 0 Å². The molecule has 3 aromatic carbocycles. The average molecular weight is 1130 g/mol. The van der Waals surface area contributed by atoms with Gasteiger partial charge in [-0.15, -0.1) is 0 Å². The van der Waals surface area contributed by atoms with E-state index in [9.17, 15) is 24.6 Å². The molecule has 6 aliphatic heterocycles. The van der Waals surface area contributed by atoms with Gasteiger partial charge in [0.15, 0.2) is 28.6 Å². The molecular formula is C54H51N6O5Y3-3. The number of anilines is 3. The smallest absolute Gasteiger partial charge is 0.186 e. The third-order valence-corrected chi connectivity index (χ3v) is 13.4. The van der Waals surface area contributed by atoms with Crippen molar-refractivity contribution >= 4 is 51.9 Å². The first-order valence-electron chi connectivity index (χ1n) is 22.6. The number of fused-ring (bicyclic) bond motifs is 6. The topological polar surface area (TPSA) is 138 Å². The summed E-state index contributed by atoms with van der Waals surface area (Å²) in [6.45, 7) is 8.16. The van der Waals surface area contributed by atoms with E-state index in [1.807, 2.05) is 152 Å². The van der Waals surface area contributed by atoms with Gasteiger partial charge in [-0.05, 0) is 59.5 Å². The summed E-state index contributed by atoms with van der Waals surface area (Å²) in [6, 6.07) is 29.7. The standard InChI is InChI=1S/2C18H17N2O2.C18H17N2O.3Y/c2*1-12-7-8-15-14(11-12)16(21)18(22)9-10-20(17(18)19-15)13-5-3-2-4-6-13;1-12-7-8-16-15(11-12)17(21)14-9-10-20(18(14)19-16)13-5-3-2-4-6-13;;;/h2*2-8,11-12,22H,9-10H2,1H3;2-8,11-12,14H,9-10H2,1H3;;;/q3*-1;;;/t12?,18-;;;;;/m1...../s1. The second-order valence-corrected chi connectivity index (χ2v) is 17.9. The van der Waals surface area contributed by atoms with E-state index in [0.717, 1.165) is 47.1 Å². The number of aliphatic imine (C=N–C) groups is 3. The predicted octanol–water partition coefficient (Wildman–Crippen LogP) is 7.70. The molecule has 3 radical (unpaired) electrons. The molecule has 3 fully saturated rings. The van der Waals surface area contributed by atoms with E-state index >= 15 is 0 Å². The van der Waals surface area contributed by atoms with E-state index in [0.29, 0.717) is 66.1 Å². The van der Waals surface area contributed by atoms with Gasteiger partial charge in [0, 0.05) is 148 Å². The molecule has 3 aliphatic carbocycles. The number of amidine groups is 3. The largest absolute Gasteiger partial charge is 0.374 e. The van der Waals surface area contributed by atoms with Gasteiger partial charge in [-0.1, -0.05) is 128 Å². The van der Waals surface area contributed by atoms with Gasteiger partial charge in [-0.25, -0.2) is 37.5 Å². The van der Waals surface area contributed by atoms with Crippen molar-refractivity contribution in [2.24, 2.45) is 38.6 Å². The van der Waals surface area contributed by atoms with Crippen LogP contribution in [0.5, 0.6) is 0 Å². The van der Waals surface area contributed by atoms with E-state index in [2.05, 4.69) is 40.4 Å². The van der Waals surface area contributed by atoms with Crippen molar-refractivity contribution in [3.05, 3.63) is 181 Å². The quantitative estimate of drug-likeness (QED) is 0.255. The maximum absolute atomic E-state index is 12.8. The van der Waals surface area contributed by atoms with Crippen LogP contribution >= 0.6 is 0 Å². The SMILES string of the molecule is CC1C=C2C(=O)C3(O)CCN(c4ccccc4)C3=NC2=C[CH-]1.CC1C=C2C(=O)C3CCN(c4ccccc4)C3=NC2=C[CH-]1.CC1C=C2C(=O)[C@]3(O)CCN(c4ccccc4)C3=NC2=C[CH-]1.[Y].[Y].[Y]. The van der Waals surface area contributed by atoms with Gasteiger partial charge in [-0.3, -0.25) is 14.4 Å². The van der Waals surface area contributed by atoms with Gasteiger partial charge in [0.1, 0.15) is 17.5 Å². The van der Waals surface area contributed by atoms with Crippen LogP contribution in [0.15, 0.2) is 176 Å². The fourth-order valence-corrected chi connectivity index (χ4v) is 9.91. The Morgan fingerprint density at radius 2 is 0.882 bits per heavy atom. The van der Waals surface area contributed by atoms with Crippen LogP contribution in [0.1, 0.15) is 40.0 Å². The Bertz CT molecular complexity index is 2640. The molecule has 0 amide bonds. The number of carbonyl (C=O) groups excluding carboxylic acids is 3. The Morgan fingerprint density at radius 1 is 0.515 bits per heavy atom. The number of hydrogen-bond donors (Lipinski definition) is 2. The molecule has 11 nitrogen and oxygen atoms in total. The summed E-state index contributed by atoms with van der Waals surface area (Å²) in [6.07, 6.45) is 19.3. The van der Waals surface area contributed by atoms with E-state index in [1.54, 1.807) is 0 Å². The summed E-state index contributed by atoms with van der Waals surface area (Å²) in [4.78, 5) is 58.4. The minimum atomic E-state index is -1.49. The number of nitrogens with zero attached hydrogens (tertiary/aromatic N) is 6. The molecule has 0 bridgehead atoms. The van der Waals surface area contributed by atoms with Gasteiger partial charge in [0.05, 0.1) is 5.92 Å². The summed E-state index contributed by atoms with van der Waals surface area (Å²) in [5.41, 5.74) is 4.10. The fraction of sp³-hybridized carbons (Fsp3) is 0.278. The number of ketones is 3. The number of Topliss-reactive ketones (excluding diaryl/α,β-unsaturated/α-hetero) is 3. The molecule has 6 heterocycles. The molecule has 5 unspecified atom stereocenters. The van der Waals surface area contributed by atoms with Gasteiger partial charge >= 0.3 is 0 Å². The van der Waals surface area contributed by atoms with Crippen LogP contribution in [-0.2, 0) is 113 Å². The van der Waals surface area contributed by atoms with Crippen molar-refractivity contribution in [2.75, 3.05) is 34.3 Å². The average Bonchev–Trinajstić information content (AvgIpc) is 4.02. The van der Waals surface area contributed by atoms with Crippen LogP contribution in [0.4, 0.5) is 17.1 Å². The number of hydrogen-bond acceptors (Lipinski definition) is 11. The summed E-state index contributed by atoms with van der Waals surface area (Å²) >= 11 is 0. The monoisotopic (exact) mass is 1130 g/mol. The van der Waals surface area contributed by atoms with E-state index in [4.69, 9.17) is 4.99 Å². The van der Waals surface area contributed by atoms with Gasteiger partial charge in [-0.2, -0.15) is 0 Å². The number of aliphatic hydroxyl groups is 2. The second-order valence-electron chi connectivity index (χ2n) is 17.9. The second kappa shape index (κ2) is 21.4. The van der Waals surface area contributed by atoms with Crippen LogP contribution in [0.3, 0.4) is 0 Å². The molecule has 68 heavy (non-hydrogen) atoms. The molecule has 3 aromatic rings. The molecule has 9 aliphatic rings. The molecule has 339 valence electrons. The predicted molar refractivity (Wildman–Crippen MR) is 255 cm³/mol. The third-order valence-electron chi connectivity index (χ3n) is 13.4. The zero-order valence-corrected chi connectivity index (χ0v) is 47.0. The van der Waals surface area contributed by atoms with Crippen molar-refractivity contribution < 1.29 is 123 Å². The number of rotatable bonds is 3. The zero-order chi connectivity index (χ0) is 45.0. The molecule has 3 saturated heterocycles. The van der Waals surface area contributed by atoms with Crippen LogP contribution in [0, 0.1) is 42.9 Å². The zero-order valence-electron chi connectivity index (χ0n) is 38.4. The summed E-state index contributed by atoms with van der Waals surface area (Å²) in [5, 5.41) is 21.9. The summed E-state index contributed by atoms with van der Waals surface area (Å²) in [7, 11) is 0. The maximum Gasteiger partial charge on any atom is 0.186 e. The third kappa shape index (κ3) is 9.60. The molecule has 0 aromatic heterocycles. The molecular weight excluding hydrogens is 1080 g/mol. The van der Waals surface area contributed by atoms with E-state index < -0.39 is 11.2 Å². The molecule has 14 heteroatoms. The maximum atomic E-state index is 12.8. The molecule has 12 rings (SSSR count). The first kappa shape index (κ1) is 52.2. The van der Waals surface area contributed by atoms with E-state index in [-0.39, 0.29) is 133 Å². The summed E-state index contributed by atoms with van der Waals surface area (Å²) < 4.78 is 0. The van der Waals surface area contributed by atoms with Crippen molar-refractivity contribution in [3.63, 3.8) is 0 Å². The van der Waals surface area contributed by atoms with Crippen molar-refractivity contribution in [1.82, 2.24) is 0 Å². The Balaban J connectivity index is 0.000000148. The van der Waals surface area contributed by atoms with Crippen LogP contribution < -0.4 is 14.7 Å². The fourth-order valence-electron chi connectivity index (χ4n) is 9.91. The van der Waals surface area contributed by atoms with Gasteiger partial charge < -0.3 is 39.9 Å². The van der Waals surface area contributed by atoms with Gasteiger partial charge in [0.25, 0.3) is 0 Å². The summed E-state index contributed by atoms with van der Waals surface area (Å²) in [5.74, 6) is 2.25. The normalized spacial score (nSPS) is 27.8. The first-order chi connectivity index (χ1) is 31.4. The van der Waals surface area contributed by atoms with Crippen molar-refractivity contribution in [2.45, 2.75) is 51.2 Å². The van der Waals surface area contributed by atoms with Crippen LogP contribution in [0.25, 0.3) is 0 Å². The van der Waals surface area contributed by atoms with Crippen LogP contribution in [-0.4, -0.2) is 75.9 Å². The number of para-hydroxylation sites is 3. The number of carbonyl (C=O) groups is 3. The molecule has 2 N–H and O–H groups in total. The molecule has 0 spiro atoms. The number of benzene rings is 3.